The third-order valence-electron chi connectivity index (χ3n) is 3.74. The first-order chi connectivity index (χ1) is 11.5. The van der Waals surface area contributed by atoms with Crippen molar-refractivity contribution in [2.45, 2.75) is 44.4 Å². The SMILES string of the molecule is CCCC[C@H](NC(=O)CSC(C)c1nc2ccccc2[nH]1)C(=O)O. The summed E-state index contributed by atoms with van der Waals surface area (Å²) >= 11 is 1.43. The topological polar surface area (TPSA) is 95.1 Å². The van der Waals surface area contributed by atoms with Crippen molar-refractivity contribution in [1.82, 2.24) is 15.3 Å². The van der Waals surface area contributed by atoms with Crippen LogP contribution in [0.4, 0.5) is 0 Å². The van der Waals surface area contributed by atoms with Crippen molar-refractivity contribution in [3.63, 3.8) is 0 Å². The van der Waals surface area contributed by atoms with E-state index in [2.05, 4.69) is 15.3 Å². The summed E-state index contributed by atoms with van der Waals surface area (Å²) in [5, 5.41) is 11.8. The van der Waals surface area contributed by atoms with E-state index in [1.54, 1.807) is 0 Å². The summed E-state index contributed by atoms with van der Waals surface area (Å²) in [7, 11) is 0. The number of imidazole rings is 1. The number of carboxylic acids is 1. The van der Waals surface area contributed by atoms with E-state index in [1.807, 2.05) is 38.1 Å². The van der Waals surface area contributed by atoms with Crippen LogP contribution in [0.25, 0.3) is 11.0 Å². The summed E-state index contributed by atoms with van der Waals surface area (Å²) in [6, 6.07) is 6.96. The second kappa shape index (κ2) is 8.73. The Morgan fingerprint density at radius 2 is 2.12 bits per heavy atom. The Morgan fingerprint density at radius 3 is 2.79 bits per heavy atom. The van der Waals surface area contributed by atoms with Gasteiger partial charge in [0.05, 0.1) is 22.0 Å². The Bertz CT molecular complexity index is 668. The number of aliphatic carboxylic acids is 1. The van der Waals surface area contributed by atoms with Crippen molar-refractivity contribution in [1.29, 1.82) is 0 Å². The van der Waals surface area contributed by atoms with Crippen molar-refractivity contribution < 1.29 is 14.7 Å². The number of aromatic nitrogens is 2. The highest BCUT2D eigenvalue weighted by Crippen LogP contribution is 2.27. The van der Waals surface area contributed by atoms with Gasteiger partial charge in [-0.25, -0.2) is 9.78 Å². The molecule has 1 aromatic heterocycles. The quantitative estimate of drug-likeness (QED) is 0.646. The molecule has 2 rings (SSSR count). The van der Waals surface area contributed by atoms with Crippen molar-refractivity contribution in [2.24, 2.45) is 0 Å². The van der Waals surface area contributed by atoms with Gasteiger partial charge in [0.25, 0.3) is 0 Å². The number of aromatic amines is 1. The molecule has 0 spiro atoms. The first kappa shape index (κ1) is 18.3. The molecule has 2 atom stereocenters. The average molecular weight is 349 g/mol. The Morgan fingerprint density at radius 1 is 1.38 bits per heavy atom. The number of carbonyl (C=O) groups excluding carboxylic acids is 1. The van der Waals surface area contributed by atoms with Gasteiger partial charge in [-0.05, 0) is 25.5 Å². The number of thioether (sulfide) groups is 1. The third kappa shape index (κ3) is 4.99. The molecule has 1 aromatic carbocycles. The maximum Gasteiger partial charge on any atom is 0.326 e. The number of H-pyrrole nitrogens is 1. The van der Waals surface area contributed by atoms with Crippen LogP contribution >= 0.6 is 11.8 Å². The zero-order valence-electron chi connectivity index (χ0n) is 13.9. The van der Waals surface area contributed by atoms with Crippen molar-refractivity contribution >= 4 is 34.7 Å². The van der Waals surface area contributed by atoms with E-state index >= 15 is 0 Å². The normalized spacial score (nSPS) is 13.6. The molecule has 7 heteroatoms. The lowest BCUT2D eigenvalue weighted by Crippen LogP contribution is -2.41. The van der Waals surface area contributed by atoms with Crippen LogP contribution in [0.2, 0.25) is 0 Å². The van der Waals surface area contributed by atoms with Gasteiger partial charge in [-0.2, -0.15) is 0 Å². The van der Waals surface area contributed by atoms with Crippen LogP contribution in [-0.4, -0.2) is 38.7 Å². The van der Waals surface area contributed by atoms with Crippen LogP contribution in [0.5, 0.6) is 0 Å². The smallest absolute Gasteiger partial charge is 0.326 e. The molecule has 24 heavy (non-hydrogen) atoms. The van der Waals surface area contributed by atoms with E-state index in [9.17, 15) is 9.59 Å². The number of nitrogens with zero attached hydrogens (tertiary/aromatic N) is 1. The summed E-state index contributed by atoms with van der Waals surface area (Å²) in [5.74, 6) is -0.220. The fraction of sp³-hybridized carbons (Fsp3) is 0.471. The fourth-order valence-corrected chi connectivity index (χ4v) is 3.10. The lowest BCUT2D eigenvalue weighted by atomic mass is 10.1. The first-order valence-corrected chi connectivity index (χ1v) is 9.14. The van der Waals surface area contributed by atoms with Gasteiger partial charge in [-0.15, -0.1) is 11.8 Å². The number of nitrogens with one attached hydrogen (secondary N) is 2. The summed E-state index contributed by atoms with van der Waals surface area (Å²) in [4.78, 5) is 30.9. The Kier molecular flexibility index (Phi) is 6.66. The minimum absolute atomic E-state index is 0.0158. The summed E-state index contributed by atoms with van der Waals surface area (Å²) in [6.07, 6.45) is 2.14. The average Bonchev–Trinajstić information content (AvgIpc) is 3.00. The van der Waals surface area contributed by atoms with Gasteiger partial charge >= 0.3 is 5.97 Å². The maximum atomic E-state index is 12.0. The van der Waals surface area contributed by atoms with Gasteiger partial charge in [0, 0.05) is 0 Å². The Hall–Kier alpha value is -2.02. The molecule has 0 saturated heterocycles. The van der Waals surface area contributed by atoms with Gasteiger partial charge < -0.3 is 15.4 Å². The monoisotopic (exact) mass is 349 g/mol. The number of carboxylic acid groups (broad SMARTS) is 1. The minimum atomic E-state index is -0.980. The van der Waals surface area contributed by atoms with E-state index < -0.39 is 12.0 Å². The molecule has 2 aromatic rings. The van der Waals surface area contributed by atoms with Crippen LogP contribution in [0.15, 0.2) is 24.3 Å². The molecule has 6 nitrogen and oxygen atoms in total. The zero-order valence-corrected chi connectivity index (χ0v) is 14.7. The summed E-state index contributed by atoms with van der Waals surface area (Å²) in [5.41, 5.74) is 1.87. The number of fused-ring (bicyclic) bond motifs is 1. The number of carbonyl (C=O) groups is 2. The third-order valence-corrected chi connectivity index (χ3v) is 4.89. The van der Waals surface area contributed by atoms with Gasteiger partial charge in [-0.3, -0.25) is 4.79 Å². The number of amides is 1. The molecule has 0 saturated carbocycles. The summed E-state index contributed by atoms with van der Waals surface area (Å²) < 4.78 is 0. The molecule has 0 aliphatic heterocycles. The van der Waals surface area contributed by atoms with Gasteiger partial charge in [0.2, 0.25) is 5.91 Å². The van der Waals surface area contributed by atoms with Crippen molar-refractivity contribution in [3.05, 3.63) is 30.1 Å². The molecule has 0 fully saturated rings. The molecule has 0 bridgehead atoms. The van der Waals surface area contributed by atoms with E-state index in [0.717, 1.165) is 29.7 Å². The van der Waals surface area contributed by atoms with Gasteiger partial charge in [0.15, 0.2) is 0 Å². The number of hydrogen-bond acceptors (Lipinski definition) is 4. The summed E-state index contributed by atoms with van der Waals surface area (Å²) in [6.45, 7) is 3.97. The number of para-hydroxylation sites is 2. The second-order valence-electron chi connectivity index (χ2n) is 5.69. The van der Waals surface area contributed by atoms with E-state index in [1.165, 1.54) is 11.8 Å². The Balaban J connectivity index is 1.87. The molecule has 1 amide bonds. The Labute approximate surface area is 145 Å². The van der Waals surface area contributed by atoms with Crippen molar-refractivity contribution in [2.75, 3.05) is 5.75 Å². The molecule has 1 heterocycles. The highest BCUT2D eigenvalue weighted by molar-refractivity contribution is 8.00. The lowest BCUT2D eigenvalue weighted by Gasteiger charge is -2.14. The highest BCUT2D eigenvalue weighted by atomic mass is 32.2. The van der Waals surface area contributed by atoms with Crippen LogP contribution in [0, 0.1) is 0 Å². The van der Waals surface area contributed by atoms with Gasteiger partial charge in [0.1, 0.15) is 11.9 Å². The molecular weight excluding hydrogens is 326 g/mol. The molecule has 0 aliphatic rings. The van der Waals surface area contributed by atoms with Crippen molar-refractivity contribution in [3.8, 4) is 0 Å². The molecular formula is C17H23N3O3S. The molecule has 0 radical (unpaired) electrons. The number of hydrogen-bond donors (Lipinski definition) is 3. The van der Waals surface area contributed by atoms with Crippen LogP contribution in [0.3, 0.4) is 0 Å². The lowest BCUT2D eigenvalue weighted by molar-refractivity contribution is -0.141. The largest absolute Gasteiger partial charge is 0.480 e. The van der Waals surface area contributed by atoms with Gasteiger partial charge in [-0.1, -0.05) is 31.9 Å². The minimum Gasteiger partial charge on any atom is -0.480 e. The number of rotatable bonds is 9. The molecule has 0 aliphatic carbocycles. The predicted octanol–water partition coefficient (Wildman–Crippen LogP) is 3.12. The standard InChI is InChI=1S/C17H23N3O3S/c1-3-4-7-14(17(22)23)18-15(21)10-24-11(2)16-19-12-8-5-6-9-13(12)20-16/h5-6,8-9,11,14H,3-4,7,10H2,1-2H3,(H,18,21)(H,19,20)(H,22,23)/t11?,14-/m0/s1. The van der Waals surface area contributed by atoms with E-state index in [-0.39, 0.29) is 16.9 Å². The second-order valence-corrected chi connectivity index (χ2v) is 7.02. The van der Waals surface area contributed by atoms with E-state index in [0.29, 0.717) is 6.42 Å². The molecule has 130 valence electrons. The van der Waals surface area contributed by atoms with E-state index in [4.69, 9.17) is 5.11 Å². The van der Waals surface area contributed by atoms with Crippen LogP contribution in [0.1, 0.15) is 44.2 Å². The fourth-order valence-electron chi connectivity index (χ4n) is 2.35. The van der Waals surface area contributed by atoms with Crippen LogP contribution in [-0.2, 0) is 9.59 Å². The molecule has 3 N–H and O–H groups in total. The molecule has 1 unspecified atom stereocenters. The number of benzene rings is 1. The maximum absolute atomic E-state index is 12.0. The zero-order chi connectivity index (χ0) is 17.5. The first-order valence-electron chi connectivity index (χ1n) is 8.09. The highest BCUT2D eigenvalue weighted by Gasteiger charge is 2.20. The number of unbranched alkanes of at least 4 members (excludes halogenated alkanes) is 1. The predicted molar refractivity (Wildman–Crippen MR) is 96.1 cm³/mol. The van der Waals surface area contributed by atoms with Crippen LogP contribution < -0.4 is 5.32 Å².